The molecule has 0 atom stereocenters. The molecule has 0 unspecified atom stereocenters. The summed E-state index contributed by atoms with van der Waals surface area (Å²) >= 11 is 0. The van der Waals surface area contributed by atoms with Crippen molar-refractivity contribution in [1.29, 1.82) is 0 Å². The number of nitrogens with one attached hydrogen (secondary N) is 1. The van der Waals surface area contributed by atoms with Gasteiger partial charge in [0.1, 0.15) is 5.82 Å². The van der Waals surface area contributed by atoms with E-state index in [-0.39, 0.29) is 17.8 Å². The van der Waals surface area contributed by atoms with Crippen LogP contribution in [0.2, 0.25) is 0 Å². The number of hydrogen-bond donors (Lipinski definition) is 1. The highest BCUT2D eigenvalue weighted by Crippen LogP contribution is 2.23. The lowest BCUT2D eigenvalue weighted by atomic mass is 10.1. The Labute approximate surface area is 193 Å². The Morgan fingerprint density at radius 1 is 1.06 bits per heavy atom. The fourth-order valence-corrected chi connectivity index (χ4v) is 3.30. The molecular formula is C22H23F4N5O3. The minimum atomic E-state index is -5.09. The molecule has 0 radical (unpaired) electrons. The zero-order valence-electron chi connectivity index (χ0n) is 18.3. The number of pyridine rings is 1. The van der Waals surface area contributed by atoms with Crippen molar-refractivity contribution in [2.45, 2.75) is 12.7 Å². The van der Waals surface area contributed by atoms with Crippen molar-refractivity contribution in [3.05, 3.63) is 59.7 Å². The van der Waals surface area contributed by atoms with Crippen LogP contribution in [-0.4, -0.2) is 78.5 Å². The number of piperazine rings is 1. The highest BCUT2D eigenvalue weighted by Gasteiger charge is 2.38. The zero-order chi connectivity index (χ0) is 24.9. The molecule has 1 aromatic heterocycles. The van der Waals surface area contributed by atoms with Gasteiger partial charge >= 0.3 is 18.1 Å². The summed E-state index contributed by atoms with van der Waals surface area (Å²) in [4.78, 5) is 45.2. The van der Waals surface area contributed by atoms with Crippen molar-refractivity contribution in [3.8, 4) is 0 Å². The predicted octanol–water partition coefficient (Wildman–Crippen LogP) is 2.46. The lowest BCUT2D eigenvalue weighted by Crippen LogP contribution is -2.52. The van der Waals surface area contributed by atoms with Gasteiger partial charge in [-0.05, 0) is 31.3 Å². The van der Waals surface area contributed by atoms with Gasteiger partial charge in [-0.1, -0.05) is 12.1 Å². The molecule has 12 heteroatoms. The third kappa shape index (κ3) is 6.28. The number of hydrogen-bond acceptors (Lipinski definition) is 5. The van der Waals surface area contributed by atoms with Crippen LogP contribution in [0.1, 0.15) is 16.1 Å². The smallest absolute Gasteiger partial charge is 0.341 e. The number of anilines is 1. The molecule has 1 N–H and O–H groups in total. The number of amides is 3. The standard InChI is InChI=1S/C22H23F4N5O3/c1-29-8-10-30(11-9-29)21(34)31(18-5-3-2-4-17(18)23)14-16-7-6-15(12-27-16)19(32)13-28-20(33)22(24,25)26/h2-7,12H,8-11,13-14H2,1H3,(H,28,33). The molecule has 1 aliphatic heterocycles. The third-order valence-corrected chi connectivity index (χ3v) is 5.28. The molecule has 2 aromatic rings. The van der Waals surface area contributed by atoms with E-state index in [0.29, 0.717) is 31.9 Å². The van der Waals surface area contributed by atoms with Crippen LogP contribution < -0.4 is 10.2 Å². The van der Waals surface area contributed by atoms with E-state index in [2.05, 4.69) is 9.88 Å². The Bertz CT molecular complexity index is 1040. The summed E-state index contributed by atoms with van der Waals surface area (Å²) in [5, 5.41) is 1.51. The van der Waals surface area contributed by atoms with Gasteiger partial charge in [0, 0.05) is 37.9 Å². The van der Waals surface area contributed by atoms with Crippen LogP contribution in [0.4, 0.5) is 28.0 Å². The molecular weight excluding hydrogens is 458 g/mol. The molecule has 0 aliphatic carbocycles. The first-order valence-electron chi connectivity index (χ1n) is 10.4. The third-order valence-electron chi connectivity index (χ3n) is 5.28. The van der Waals surface area contributed by atoms with Crippen LogP contribution in [0.25, 0.3) is 0 Å². The number of rotatable bonds is 6. The van der Waals surface area contributed by atoms with Gasteiger partial charge in [-0.25, -0.2) is 9.18 Å². The van der Waals surface area contributed by atoms with Crippen LogP contribution in [0.5, 0.6) is 0 Å². The maximum Gasteiger partial charge on any atom is 0.471 e. The molecule has 8 nitrogen and oxygen atoms in total. The van der Waals surface area contributed by atoms with Gasteiger partial charge < -0.3 is 15.1 Å². The number of para-hydroxylation sites is 1. The number of halogens is 4. The van der Waals surface area contributed by atoms with Gasteiger partial charge in [-0.2, -0.15) is 13.2 Å². The normalized spacial score (nSPS) is 14.6. The number of benzene rings is 1. The van der Waals surface area contributed by atoms with E-state index in [1.54, 1.807) is 11.0 Å². The first-order valence-corrected chi connectivity index (χ1v) is 10.4. The van der Waals surface area contributed by atoms with E-state index in [1.807, 2.05) is 7.05 Å². The number of ketones is 1. The fraction of sp³-hybridized carbons (Fsp3) is 0.364. The van der Waals surface area contributed by atoms with E-state index in [9.17, 15) is 31.9 Å². The monoisotopic (exact) mass is 481 g/mol. The van der Waals surface area contributed by atoms with Crippen LogP contribution in [-0.2, 0) is 11.3 Å². The topological polar surface area (TPSA) is 85.9 Å². The Hall–Kier alpha value is -3.54. The van der Waals surface area contributed by atoms with Crippen molar-refractivity contribution >= 4 is 23.4 Å². The molecule has 0 bridgehead atoms. The van der Waals surface area contributed by atoms with Crippen LogP contribution in [0.3, 0.4) is 0 Å². The highest BCUT2D eigenvalue weighted by molar-refractivity contribution is 5.99. The van der Waals surface area contributed by atoms with Crippen molar-refractivity contribution in [2.75, 3.05) is 44.7 Å². The summed E-state index contributed by atoms with van der Waals surface area (Å²) < 4.78 is 51.3. The van der Waals surface area contributed by atoms with Crippen molar-refractivity contribution in [1.82, 2.24) is 20.1 Å². The molecule has 3 rings (SSSR count). The minimum absolute atomic E-state index is 0.0194. The summed E-state index contributed by atoms with van der Waals surface area (Å²) in [6.07, 6.45) is -3.95. The molecule has 1 fully saturated rings. The van der Waals surface area contributed by atoms with Crippen molar-refractivity contribution in [2.24, 2.45) is 0 Å². The Kier molecular flexibility index (Phi) is 7.82. The van der Waals surface area contributed by atoms with E-state index < -0.39 is 36.3 Å². The first kappa shape index (κ1) is 25.1. The average molecular weight is 481 g/mol. The van der Waals surface area contributed by atoms with E-state index in [4.69, 9.17) is 0 Å². The number of Topliss-reactive ketones (excluding diaryl/α,β-unsaturated/α-hetero) is 1. The molecule has 1 aromatic carbocycles. The lowest BCUT2D eigenvalue weighted by molar-refractivity contribution is -0.173. The lowest BCUT2D eigenvalue weighted by Gasteiger charge is -2.36. The molecule has 3 amide bonds. The maximum absolute atomic E-state index is 14.5. The molecule has 182 valence electrons. The van der Waals surface area contributed by atoms with Gasteiger partial charge in [0.25, 0.3) is 0 Å². The first-order chi connectivity index (χ1) is 16.1. The van der Waals surface area contributed by atoms with E-state index >= 15 is 0 Å². The molecule has 1 saturated heterocycles. The van der Waals surface area contributed by atoms with Crippen LogP contribution in [0, 0.1) is 5.82 Å². The quantitative estimate of drug-likeness (QED) is 0.506. The number of likely N-dealkylation sites (N-methyl/N-ethyl adjacent to an activating group) is 1. The summed E-state index contributed by atoms with van der Waals surface area (Å²) in [7, 11) is 1.94. The summed E-state index contributed by atoms with van der Waals surface area (Å²) in [5.41, 5.74) is 0.388. The maximum atomic E-state index is 14.5. The van der Waals surface area contributed by atoms with Crippen LogP contribution in [0.15, 0.2) is 42.6 Å². The van der Waals surface area contributed by atoms with E-state index in [1.165, 1.54) is 40.5 Å². The highest BCUT2D eigenvalue weighted by atomic mass is 19.4. The number of carbonyl (C=O) groups is 3. The molecule has 1 aliphatic rings. The second kappa shape index (κ2) is 10.6. The number of nitrogens with zero attached hydrogens (tertiary/aromatic N) is 4. The molecule has 0 saturated carbocycles. The van der Waals surface area contributed by atoms with E-state index in [0.717, 1.165) is 6.20 Å². The summed E-state index contributed by atoms with van der Waals surface area (Å²) in [5.74, 6) is -3.57. The summed E-state index contributed by atoms with van der Waals surface area (Å²) in [6.45, 7) is 1.37. The fourth-order valence-electron chi connectivity index (χ4n) is 3.30. The van der Waals surface area contributed by atoms with Gasteiger partial charge in [-0.15, -0.1) is 0 Å². The molecule has 2 heterocycles. The Morgan fingerprint density at radius 2 is 1.74 bits per heavy atom. The number of urea groups is 1. The largest absolute Gasteiger partial charge is 0.471 e. The minimum Gasteiger partial charge on any atom is -0.341 e. The SMILES string of the molecule is CN1CCN(C(=O)N(Cc2ccc(C(=O)CNC(=O)C(F)(F)F)cn2)c2ccccc2F)CC1. The predicted molar refractivity (Wildman–Crippen MR) is 115 cm³/mol. The second-order valence-electron chi connectivity index (χ2n) is 7.75. The van der Waals surface area contributed by atoms with Gasteiger partial charge in [0.05, 0.1) is 24.5 Å². The van der Waals surface area contributed by atoms with Gasteiger partial charge in [-0.3, -0.25) is 19.5 Å². The summed E-state index contributed by atoms with van der Waals surface area (Å²) in [6, 6.07) is 8.18. The second-order valence-corrected chi connectivity index (χ2v) is 7.75. The van der Waals surface area contributed by atoms with Crippen molar-refractivity contribution in [3.63, 3.8) is 0 Å². The molecule has 34 heavy (non-hydrogen) atoms. The Morgan fingerprint density at radius 3 is 2.32 bits per heavy atom. The van der Waals surface area contributed by atoms with Gasteiger partial charge in [0.2, 0.25) is 0 Å². The molecule has 0 spiro atoms. The average Bonchev–Trinajstić information content (AvgIpc) is 2.81. The number of aromatic nitrogens is 1. The van der Waals surface area contributed by atoms with Crippen molar-refractivity contribution < 1.29 is 31.9 Å². The number of carbonyl (C=O) groups excluding carboxylic acids is 3. The van der Waals surface area contributed by atoms with Gasteiger partial charge in [0.15, 0.2) is 5.78 Å². The Balaban J connectivity index is 1.74. The van der Waals surface area contributed by atoms with Crippen LogP contribution >= 0.6 is 0 Å². The zero-order valence-corrected chi connectivity index (χ0v) is 18.3. The number of alkyl halides is 3.